The Labute approximate surface area is 189 Å². The van der Waals surface area contributed by atoms with Crippen LogP contribution in [0.3, 0.4) is 0 Å². The average Bonchev–Trinajstić information content (AvgIpc) is 3.00. The highest BCUT2D eigenvalue weighted by molar-refractivity contribution is 9.10. The summed E-state index contributed by atoms with van der Waals surface area (Å²) in [6.07, 6.45) is 1.63. The molecule has 0 aliphatic rings. The first-order valence-electron chi connectivity index (χ1n) is 9.31. The van der Waals surface area contributed by atoms with Crippen molar-refractivity contribution in [3.05, 3.63) is 73.9 Å². The van der Waals surface area contributed by atoms with Crippen LogP contribution in [-0.4, -0.2) is 12.8 Å². The molecule has 0 saturated carbocycles. The maximum Gasteiger partial charge on any atom is 0.237 e. The number of hydrogen-bond donors (Lipinski definition) is 0. The third-order valence-electron chi connectivity index (χ3n) is 4.47. The van der Waals surface area contributed by atoms with Gasteiger partial charge < -0.3 is 13.9 Å². The number of nitriles is 1. The molecule has 0 amide bonds. The minimum Gasteiger partial charge on any atom is -0.490 e. The second kappa shape index (κ2) is 9.84. The van der Waals surface area contributed by atoms with E-state index < -0.39 is 0 Å². The van der Waals surface area contributed by atoms with E-state index in [1.165, 1.54) is 0 Å². The molecule has 2 aromatic carbocycles. The summed E-state index contributed by atoms with van der Waals surface area (Å²) < 4.78 is 18.1. The Bertz CT molecular complexity index is 1130. The predicted octanol–water partition coefficient (Wildman–Crippen LogP) is 6.91. The lowest BCUT2D eigenvalue weighted by Gasteiger charge is -2.15. The fourth-order valence-electron chi connectivity index (χ4n) is 2.80. The van der Waals surface area contributed by atoms with E-state index in [0.29, 0.717) is 51.4 Å². The van der Waals surface area contributed by atoms with Crippen LogP contribution in [0.5, 0.6) is 11.5 Å². The van der Waals surface area contributed by atoms with Gasteiger partial charge in [-0.1, -0.05) is 29.8 Å². The highest BCUT2D eigenvalue weighted by Crippen LogP contribution is 2.38. The molecule has 0 bridgehead atoms. The number of benzene rings is 2. The van der Waals surface area contributed by atoms with E-state index in [9.17, 15) is 5.26 Å². The summed E-state index contributed by atoms with van der Waals surface area (Å²) in [7, 11) is 0. The SMILES string of the molecule is CCOc1cc(C=Nc2oc(C)c(C)c2C#N)cc(Br)c1OCc1ccccc1Cl. The lowest BCUT2D eigenvalue weighted by Crippen LogP contribution is -2.02. The summed E-state index contributed by atoms with van der Waals surface area (Å²) in [5.74, 6) is 2.13. The van der Waals surface area contributed by atoms with E-state index in [0.717, 1.165) is 16.7 Å². The number of hydrogen-bond acceptors (Lipinski definition) is 5. The van der Waals surface area contributed by atoms with Gasteiger partial charge in [-0.2, -0.15) is 5.26 Å². The first-order valence-corrected chi connectivity index (χ1v) is 10.5. The standard InChI is InChI=1S/C23H20BrClN2O3/c1-4-28-21-10-16(12-27-23-18(11-26)14(2)15(3)30-23)9-19(24)22(21)29-13-17-7-5-6-8-20(17)25/h5-10,12H,4,13H2,1-3H3. The summed E-state index contributed by atoms with van der Waals surface area (Å²) >= 11 is 9.78. The van der Waals surface area contributed by atoms with Crippen LogP contribution in [0.15, 0.2) is 50.3 Å². The van der Waals surface area contributed by atoms with Gasteiger partial charge >= 0.3 is 0 Å². The van der Waals surface area contributed by atoms with Crippen LogP contribution in [0.4, 0.5) is 5.88 Å². The number of halogens is 2. The van der Waals surface area contributed by atoms with Crippen molar-refractivity contribution in [2.45, 2.75) is 27.4 Å². The number of ether oxygens (including phenoxy) is 2. The van der Waals surface area contributed by atoms with E-state index in [2.05, 4.69) is 27.0 Å². The van der Waals surface area contributed by atoms with Gasteiger partial charge in [-0.15, -0.1) is 0 Å². The Morgan fingerprint density at radius 1 is 1.23 bits per heavy atom. The van der Waals surface area contributed by atoms with Crippen LogP contribution >= 0.6 is 27.5 Å². The zero-order valence-electron chi connectivity index (χ0n) is 16.8. The van der Waals surface area contributed by atoms with Crippen molar-refractivity contribution >= 4 is 39.6 Å². The van der Waals surface area contributed by atoms with Gasteiger partial charge in [0.15, 0.2) is 11.5 Å². The molecule has 3 rings (SSSR count). The number of furan rings is 1. The number of aryl methyl sites for hydroxylation is 1. The Kier molecular flexibility index (Phi) is 7.20. The zero-order valence-corrected chi connectivity index (χ0v) is 19.2. The molecule has 3 aromatic rings. The molecule has 154 valence electrons. The van der Waals surface area contributed by atoms with Crippen molar-refractivity contribution in [2.75, 3.05) is 6.61 Å². The predicted molar refractivity (Wildman–Crippen MR) is 121 cm³/mol. The molecule has 0 N–H and O–H groups in total. The van der Waals surface area contributed by atoms with Crippen LogP contribution < -0.4 is 9.47 Å². The van der Waals surface area contributed by atoms with Crippen molar-refractivity contribution in [1.82, 2.24) is 0 Å². The van der Waals surface area contributed by atoms with E-state index in [1.807, 2.05) is 57.2 Å². The zero-order chi connectivity index (χ0) is 21.7. The van der Waals surface area contributed by atoms with Crippen LogP contribution in [0.1, 0.15) is 34.9 Å². The molecule has 1 aromatic heterocycles. The van der Waals surface area contributed by atoms with Crippen LogP contribution in [-0.2, 0) is 6.61 Å². The van der Waals surface area contributed by atoms with E-state index >= 15 is 0 Å². The highest BCUT2D eigenvalue weighted by Gasteiger charge is 2.15. The van der Waals surface area contributed by atoms with Gasteiger partial charge in [0.2, 0.25) is 5.88 Å². The maximum atomic E-state index is 9.34. The topological polar surface area (TPSA) is 67.8 Å². The minimum absolute atomic E-state index is 0.292. The molecule has 0 radical (unpaired) electrons. The summed E-state index contributed by atoms with van der Waals surface area (Å²) in [6.45, 7) is 6.34. The molecule has 0 aliphatic heterocycles. The third-order valence-corrected chi connectivity index (χ3v) is 5.43. The molecule has 0 atom stereocenters. The second-order valence-corrected chi connectivity index (χ2v) is 7.74. The summed E-state index contributed by atoms with van der Waals surface area (Å²) in [4.78, 5) is 4.36. The Morgan fingerprint density at radius 3 is 2.70 bits per heavy atom. The second-order valence-electron chi connectivity index (χ2n) is 6.48. The van der Waals surface area contributed by atoms with Gasteiger partial charge in [-0.25, -0.2) is 4.99 Å². The highest BCUT2D eigenvalue weighted by atomic mass is 79.9. The normalized spacial score (nSPS) is 10.9. The first-order chi connectivity index (χ1) is 14.4. The van der Waals surface area contributed by atoms with E-state index in [1.54, 1.807) is 6.21 Å². The fourth-order valence-corrected chi connectivity index (χ4v) is 3.56. The average molecular weight is 488 g/mol. The smallest absolute Gasteiger partial charge is 0.237 e. The molecule has 0 unspecified atom stereocenters. The molecule has 0 fully saturated rings. The van der Waals surface area contributed by atoms with Crippen LogP contribution in [0.25, 0.3) is 0 Å². The minimum atomic E-state index is 0.292. The molecule has 5 nitrogen and oxygen atoms in total. The third kappa shape index (κ3) is 4.86. The molecular formula is C23H20BrClN2O3. The van der Waals surface area contributed by atoms with Crippen molar-refractivity contribution in [2.24, 2.45) is 4.99 Å². The van der Waals surface area contributed by atoms with Gasteiger partial charge in [0.1, 0.15) is 24.0 Å². The van der Waals surface area contributed by atoms with Crippen molar-refractivity contribution in [1.29, 1.82) is 5.26 Å². The number of rotatable bonds is 7. The summed E-state index contributed by atoms with van der Waals surface area (Å²) in [5, 5.41) is 9.99. The van der Waals surface area contributed by atoms with Crippen molar-refractivity contribution in [3.8, 4) is 17.6 Å². The van der Waals surface area contributed by atoms with Gasteiger partial charge in [-0.3, -0.25) is 0 Å². The number of nitrogens with zero attached hydrogens (tertiary/aromatic N) is 2. The Hall–Kier alpha value is -2.75. The molecule has 7 heteroatoms. The largest absolute Gasteiger partial charge is 0.490 e. The van der Waals surface area contributed by atoms with Crippen LogP contribution in [0, 0.1) is 25.2 Å². The van der Waals surface area contributed by atoms with Gasteiger partial charge in [0, 0.05) is 22.4 Å². The van der Waals surface area contributed by atoms with Gasteiger partial charge in [0.05, 0.1) is 11.1 Å². The Balaban J connectivity index is 1.88. The lowest BCUT2D eigenvalue weighted by molar-refractivity contribution is 0.267. The molecule has 0 aliphatic carbocycles. The monoisotopic (exact) mass is 486 g/mol. The molecule has 1 heterocycles. The van der Waals surface area contributed by atoms with Gasteiger partial charge in [-0.05, 0) is 60.5 Å². The molecule has 0 spiro atoms. The molecular weight excluding hydrogens is 468 g/mol. The van der Waals surface area contributed by atoms with Gasteiger partial charge in [0.25, 0.3) is 0 Å². The summed E-state index contributed by atoms with van der Waals surface area (Å²) in [6, 6.07) is 13.4. The molecule has 0 saturated heterocycles. The van der Waals surface area contributed by atoms with Crippen molar-refractivity contribution in [3.63, 3.8) is 0 Å². The van der Waals surface area contributed by atoms with Crippen molar-refractivity contribution < 1.29 is 13.9 Å². The number of aliphatic imine (C=N–C) groups is 1. The quantitative estimate of drug-likeness (QED) is 0.339. The first kappa shape index (κ1) is 21.9. The lowest BCUT2D eigenvalue weighted by atomic mass is 10.2. The summed E-state index contributed by atoms with van der Waals surface area (Å²) in [5.41, 5.74) is 2.88. The maximum absolute atomic E-state index is 9.34. The van der Waals surface area contributed by atoms with Crippen LogP contribution in [0.2, 0.25) is 5.02 Å². The molecule has 30 heavy (non-hydrogen) atoms. The van der Waals surface area contributed by atoms with E-state index in [-0.39, 0.29) is 0 Å². The van der Waals surface area contributed by atoms with E-state index in [4.69, 9.17) is 25.5 Å². The Morgan fingerprint density at radius 2 is 2.00 bits per heavy atom. The fraction of sp³-hybridized carbons (Fsp3) is 0.217.